The van der Waals surface area contributed by atoms with E-state index in [0.29, 0.717) is 22.0 Å². The predicted molar refractivity (Wildman–Crippen MR) is 80.7 cm³/mol. The molecule has 106 valence electrons. The number of amides is 1. The van der Waals surface area contributed by atoms with Crippen molar-refractivity contribution < 1.29 is 4.79 Å². The third-order valence-corrected chi connectivity index (χ3v) is 2.87. The standard InChI is InChI=1S/C12H12ClN5O.ClH/c1-7-8(11(19)17-12(14)15)6-16-18(7)10-5-3-2-4-9(10)13;/h2-6H,1H3,(H4,14,15,17,19);1H. The van der Waals surface area contributed by atoms with E-state index in [1.165, 1.54) is 6.20 Å². The van der Waals surface area contributed by atoms with Crippen LogP contribution in [0.2, 0.25) is 5.02 Å². The van der Waals surface area contributed by atoms with Crippen LogP contribution in [0, 0.1) is 6.92 Å². The van der Waals surface area contributed by atoms with E-state index in [2.05, 4.69) is 10.1 Å². The molecule has 20 heavy (non-hydrogen) atoms. The molecule has 0 saturated carbocycles. The molecule has 4 N–H and O–H groups in total. The van der Waals surface area contributed by atoms with Gasteiger partial charge in [0.05, 0.1) is 28.2 Å². The Balaban J connectivity index is 0.00000200. The molecule has 8 heteroatoms. The number of rotatable bonds is 2. The second-order valence-electron chi connectivity index (χ2n) is 3.85. The van der Waals surface area contributed by atoms with Crippen LogP contribution >= 0.6 is 24.0 Å². The van der Waals surface area contributed by atoms with Gasteiger partial charge in [-0.3, -0.25) is 4.79 Å². The fraction of sp³-hybridized carbons (Fsp3) is 0.0833. The smallest absolute Gasteiger partial charge is 0.283 e. The fourth-order valence-electron chi connectivity index (χ4n) is 1.66. The number of para-hydroxylation sites is 1. The summed E-state index contributed by atoms with van der Waals surface area (Å²) in [5, 5.41) is 4.67. The summed E-state index contributed by atoms with van der Waals surface area (Å²) >= 11 is 6.09. The van der Waals surface area contributed by atoms with Crippen molar-refractivity contribution in [3.8, 4) is 5.69 Å². The van der Waals surface area contributed by atoms with Gasteiger partial charge in [-0.25, -0.2) is 4.68 Å². The van der Waals surface area contributed by atoms with Gasteiger partial charge in [0.1, 0.15) is 0 Å². The largest absolute Gasteiger partial charge is 0.370 e. The molecule has 0 unspecified atom stereocenters. The number of halogens is 2. The van der Waals surface area contributed by atoms with E-state index in [0.717, 1.165) is 0 Å². The lowest BCUT2D eigenvalue weighted by molar-refractivity contribution is 0.100. The average Bonchev–Trinajstić information content (AvgIpc) is 2.71. The predicted octanol–water partition coefficient (Wildman–Crippen LogP) is 1.67. The van der Waals surface area contributed by atoms with Crippen LogP contribution in [-0.4, -0.2) is 21.6 Å². The lowest BCUT2D eigenvalue weighted by Crippen LogP contribution is -2.24. The molecule has 1 heterocycles. The maximum absolute atomic E-state index is 11.8. The van der Waals surface area contributed by atoms with Gasteiger partial charge in [0.25, 0.3) is 5.91 Å². The Morgan fingerprint density at radius 1 is 1.35 bits per heavy atom. The molecule has 1 aromatic carbocycles. The Bertz CT molecular complexity index is 662. The van der Waals surface area contributed by atoms with E-state index < -0.39 is 5.91 Å². The topological polar surface area (TPSA) is 99.3 Å². The lowest BCUT2D eigenvalue weighted by Gasteiger charge is -2.06. The number of guanidine groups is 1. The number of hydrogen-bond acceptors (Lipinski definition) is 2. The summed E-state index contributed by atoms with van der Waals surface area (Å²) in [7, 11) is 0. The third kappa shape index (κ3) is 3.09. The number of aromatic nitrogens is 2. The summed E-state index contributed by atoms with van der Waals surface area (Å²) < 4.78 is 1.57. The summed E-state index contributed by atoms with van der Waals surface area (Å²) in [6.07, 6.45) is 1.41. The fourth-order valence-corrected chi connectivity index (χ4v) is 1.88. The van der Waals surface area contributed by atoms with Crippen LogP contribution in [0.15, 0.2) is 35.5 Å². The van der Waals surface area contributed by atoms with Crippen LogP contribution in [0.4, 0.5) is 0 Å². The van der Waals surface area contributed by atoms with E-state index >= 15 is 0 Å². The van der Waals surface area contributed by atoms with Crippen molar-refractivity contribution in [2.45, 2.75) is 6.92 Å². The molecule has 2 aromatic rings. The van der Waals surface area contributed by atoms with Gasteiger partial charge < -0.3 is 11.5 Å². The molecule has 1 amide bonds. The lowest BCUT2D eigenvalue weighted by atomic mass is 10.2. The van der Waals surface area contributed by atoms with Gasteiger partial charge in [0.15, 0.2) is 5.96 Å². The first-order valence-corrected chi connectivity index (χ1v) is 5.82. The summed E-state index contributed by atoms with van der Waals surface area (Å²) in [6, 6.07) is 7.20. The Morgan fingerprint density at radius 2 is 2.00 bits per heavy atom. The summed E-state index contributed by atoms with van der Waals surface area (Å²) in [6.45, 7) is 1.74. The van der Waals surface area contributed by atoms with Crippen LogP contribution in [0.5, 0.6) is 0 Å². The van der Waals surface area contributed by atoms with Gasteiger partial charge in [-0.2, -0.15) is 10.1 Å². The second kappa shape index (κ2) is 6.40. The Morgan fingerprint density at radius 3 is 2.60 bits per heavy atom. The number of carbonyl (C=O) groups is 1. The number of hydrogen-bond donors (Lipinski definition) is 2. The van der Waals surface area contributed by atoms with E-state index in [-0.39, 0.29) is 18.4 Å². The van der Waals surface area contributed by atoms with Crippen LogP contribution in [0.25, 0.3) is 5.69 Å². The molecule has 1 aromatic heterocycles. The molecule has 0 aliphatic carbocycles. The van der Waals surface area contributed by atoms with Gasteiger partial charge >= 0.3 is 0 Å². The van der Waals surface area contributed by atoms with Gasteiger partial charge in [-0.1, -0.05) is 23.7 Å². The molecule has 0 bridgehead atoms. The molecule has 0 radical (unpaired) electrons. The summed E-state index contributed by atoms with van der Waals surface area (Å²) in [5.74, 6) is -0.814. The molecule has 0 aliphatic rings. The number of aliphatic imine (C=N–C) groups is 1. The molecule has 0 spiro atoms. The molecule has 0 aliphatic heterocycles. The molecule has 6 nitrogen and oxygen atoms in total. The highest BCUT2D eigenvalue weighted by molar-refractivity contribution is 6.32. The van der Waals surface area contributed by atoms with Gasteiger partial charge in [-0.05, 0) is 19.1 Å². The van der Waals surface area contributed by atoms with Gasteiger partial charge in [0, 0.05) is 0 Å². The van der Waals surface area contributed by atoms with E-state index in [4.69, 9.17) is 23.1 Å². The molecule has 2 rings (SSSR count). The highest BCUT2D eigenvalue weighted by Gasteiger charge is 2.15. The zero-order valence-electron chi connectivity index (χ0n) is 10.6. The van der Waals surface area contributed by atoms with Crippen molar-refractivity contribution >= 4 is 35.9 Å². The minimum atomic E-state index is -0.532. The van der Waals surface area contributed by atoms with E-state index in [1.807, 2.05) is 12.1 Å². The monoisotopic (exact) mass is 313 g/mol. The van der Waals surface area contributed by atoms with Crippen LogP contribution in [0.1, 0.15) is 16.1 Å². The first-order chi connectivity index (χ1) is 9.00. The van der Waals surface area contributed by atoms with Crippen molar-refractivity contribution in [1.82, 2.24) is 9.78 Å². The summed E-state index contributed by atoms with van der Waals surface area (Å²) in [5.41, 5.74) is 12.0. The maximum Gasteiger partial charge on any atom is 0.283 e. The number of benzene rings is 1. The molecule has 0 fully saturated rings. The molecular formula is C12H13Cl2N5O. The van der Waals surface area contributed by atoms with Crippen LogP contribution < -0.4 is 11.5 Å². The molecular weight excluding hydrogens is 301 g/mol. The summed E-state index contributed by atoms with van der Waals surface area (Å²) in [4.78, 5) is 15.3. The first kappa shape index (κ1) is 16.0. The van der Waals surface area contributed by atoms with Crippen LogP contribution in [-0.2, 0) is 0 Å². The van der Waals surface area contributed by atoms with Crippen molar-refractivity contribution in [1.29, 1.82) is 0 Å². The number of nitrogens with two attached hydrogens (primary N) is 2. The van der Waals surface area contributed by atoms with Crippen molar-refractivity contribution in [2.75, 3.05) is 0 Å². The molecule has 0 atom stereocenters. The highest BCUT2D eigenvalue weighted by Crippen LogP contribution is 2.22. The van der Waals surface area contributed by atoms with E-state index in [1.54, 1.807) is 23.7 Å². The van der Waals surface area contributed by atoms with Crippen molar-refractivity contribution in [2.24, 2.45) is 16.5 Å². The number of nitrogens with zero attached hydrogens (tertiary/aromatic N) is 3. The quantitative estimate of drug-likeness (QED) is 0.650. The zero-order chi connectivity index (χ0) is 14.0. The minimum Gasteiger partial charge on any atom is -0.370 e. The normalized spacial score (nSPS) is 9.70. The van der Waals surface area contributed by atoms with Gasteiger partial charge in [-0.15, -0.1) is 12.4 Å². The first-order valence-electron chi connectivity index (χ1n) is 5.44. The van der Waals surface area contributed by atoms with E-state index in [9.17, 15) is 4.79 Å². The Hall–Kier alpha value is -2.05. The highest BCUT2D eigenvalue weighted by atomic mass is 35.5. The van der Waals surface area contributed by atoms with Crippen LogP contribution in [0.3, 0.4) is 0 Å². The van der Waals surface area contributed by atoms with Crippen molar-refractivity contribution in [3.63, 3.8) is 0 Å². The maximum atomic E-state index is 11.8. The Kier molecular flexibility index (Phi) is 5.12. The zero-order valence-corrected chi connectivity index (χ0v) is 12.1. The third-order valence-electron chi connectivity index (χ3n) is 2.55. The Labute approximate surface area is 126 Å². The minimum absolute atomic E-state index is 0. The SMILES string of the molecule is Cc1c(C(=O)N=C(N)N)cnn1-c1ccccc1Cl.Cl. The van der Waals surface area contributed by atoms with Gasteiger partial charge in [0.2, 0.25) is 0 Å². The second-order valence-corrected chi connectivity index (χ2v) is 4.26. The average molecular weight is 314 g/mol. The molecule has 0 saturated heterocycles. The van der Waals surface area contributed by atoms with Crippen molar-refractivity contribution in [3.05, 3.63) is 46.7 Å². The number of carbonyl (C=O) groups excluding carboxylic acids is 1.